The van der Waals surface area contributed by atoms with Gasteiger partial charge in [-0.1, -0.05) is 35.1 Å². The molecular formula is C17H14N4S. The zero-order valence-electron chi connectivity index (χ0n) is 12.3. The number of aromatic nitrogens is 1. The van der Waals surface area contributed by atoms with Crippen LogP contribution in [0.4, 0.5) is 5.69 Å². The summed E-state index contributed by atoms with van der Waals surface area (Å²) in [6.45, 7) is 4.03. The molecule has 1 aromatic heterocycles. The Morgan fingerprint density at radius 1 is 1.05 bits per heavy atom. The molecule has 22 heavy (non-hydrogen) atoms. The summed E-state index contributed by atoms with van der Waals surface area (Å²) in [4.78, 5) is 9.31. The van der Waals surface area contributed by atoms with Gasteiger partial charge in [-0.2, -0.15) is 0 Å². The molecule has 0 unspecified atom stereocenters. The molecule has 3 rings (SSSR count). The van der Waals surface area contributed by atoms with Gasteiger partial charge in [-0.05, 0) is 54.1 Å². The first-order chi connectivity index (χ1) is 10.7. The Balaban J connectivity index is 2.29. The molecule has 5 heteroatoms. The number of hydrogen-bond donors (Lipinski definition) is 0. The van der Waals surface area contributed by atoms with Gasteiger partial charge in [0, 0.05) is 32.5 Å². The SMILES string of the molecule is Cc1c(N=[N+]=[N-])c(Sc2ccccc2)c(C)c2ccncc12. The lowest BCUT2D eigenvalue weighted by atomic mass is 10.0. The molecule has 0 amide bonds. The minimum Gasteiger partial charge on any atom is -0.264 e. The van der Waals surface area contributed by atoms with Crippen molar-refractivity contribution in [1.29, 1.82) is 0 Å². The van der Waals surface area contributed by atoms with Gasteiger partial charge in [0.2, 0.25) is 0 Å². The van der Waals surface area contributed by atoms with E-state index >= 15 is 0 Å². The third-order valence-corrected chi connectivity index (χ3v) is 4.86. The molecule has 1 heterocycles. The highest BCUT2D eigenvalue weighted by Gasteiger charge is 2.15. The number of nitrogens with zero attached hydrogens (tertiary/aromatic N) is 4. The van der Waals surface area contributed by atoms with Crippen molar-refractivity contribution in [3.8, 4) is 0 Å². The van der Waals surface area contributed by atoms with Crippen LogP contribution < -0.4 is 0 Å². The second-order valence-corrected chi connectivity index (χ2v) is 6.04. The first kappa shape index (κ1) is 14.4. The second-order valence-electron chi connectivity index (χ2n) is 4.95. The zero-order chi connectivity index (χ0) is 15.5. The van der Waals surface area contributed by atoms with Gasteiger partial charge in [0.15, 0.2) is 0 Å². The summed E-state index contributed by atoms with van der Waals surface area (Å²) in [7, 11) is 0. The molecule has 0 N–H and O–H groups in total. The fourth-order valence-corrected chi connectivity index (χ4v) is 3.60. The van der Waals surface area contributed by atoms with Crippen LogP contribution in [0.25, 0.3) is 21.2 Å². The lowest BCUT2D eigenvalue weighted by Gasteiger charge is -2.15. The van der Waals surface area contributed by atoms with Crippen LogP contribution in [0.15, 0.2) is 63.7 Å². The lowest BCUT2D eigenvalue weighted by Crippen LogP contribution is -1.90. The fraction of sp³-hybridized carbons (Fsp3) is 0.118. The number of rotatable bonds is 3. The predicted molar refractivity (Wildman–Crippen MR) is 90.6 cm³/mol. The van der Waals surface area contributed by atoms with Crippen molar-refractivity contribution in [2.24, 2.45) is 5.11 Å². The van der Waals surface area contributed by atoms with E-state index in [9.17, 15) is 0 Å². The summed E-state index contributed by atoms with van der Waals surface area (Å²) in [5, 5.41) is 6.11. The van der Waals surface area contributed by atoms with E-state index in [2.05, 4.69) is 34.1 Å². The van der Waals surface area contributed by atoms with Crippen molar-refractivity contribution < 1.29 is 0 Å². The molecule has 0 aliphatic heterocycles. The average Bonchev–Trinajstić information content (AvgIpc) is 2.57. The maximum atomic E-state index is 8.93. The lowest BCUT2D eigenvalue weighted by molar-refractivity contribution is 1.23. The van der Waals surface area contributed by atoms with Crippen LogP contribution in [0.5, 0.6) is 0 Å². The van der Waals surface area contributed by atoms with Gasteiger partial charge < -0.3 is 0 Å². The summed E-state index contributed by atoms with van der Waals surface area (Å²) in [6.07, 6.45) is 3.62. The van der Waals surface area contributed by atoms with Crippen molar-refractivity contribution in [3.05, 3.63) is 70.4 Å². The molecule has 0 aliphatic carbocycles. The molecule has 0 bridgehead atoms. The van der Waals surface area contributed by atoms with E-state index in [0.717, 1.165) is 31.7 Å². The van der Waals surface area contributed by atoms with Gasteiger partial charge in [0.05, 0.1) is 5.69 Å². The van der Waals surface area contributed by atoms with Crippen LogP contribution in [0.2, 0.25) is 0 Å². The normalized spacial score (nSPS) is 10.5. The molecule has 0 aliphatic rings. The smallest absolute Gasteiger partial charge is 0.0553 e. The quantitative estimate of drug-likeness (QED) is 0.341. The standard InChI is InChI=1S/C17H14N4S/c1-11-15-10-19-9-8-14(15)12(2)17(16(11)20-21-18)22-13-6-4-3-5-7-13/h3-10H,1-2H3. The first-order valence-electron chi connectivity index (χ1n) is 6.87. The maximum absolute atomic E-state index is 8.93. The molecule has 2 aromatic carbocycles. The van der Waals surface area contributed by atoms with E-state index in [-0.39, 0.29) is 0 Å². The Hall–Kier alpha value is -2.49. The van der Waals surface area contributed by atoms with Crippen LogP contribution in [0.1, 0.15) is 11.1 Å². The number of fused-ring (bicyclic) bond motifs is 1. The van der Waals surface area contributed by atoms with Gasteiger partial charge in [-0.25, -0.2) is 0 Å². The van der Waals surface area contributed by atoms with Crippen LogP contribution in [-0.2, 0) is 0 Å². The minimum atomic E-state index is 0.689. The van der Waals surface area contributed by atoms with Gasteiger partial charge in [0.1, 0.15) is 0 Å². The maximum Gasteiger partial charge on any atom is 0.0553 e. The summed E-state index contributed by atoms with van der Waals surface area (Å²) >= 11 is 1.62. The first-order valence-corrected chi connectivity index (χ1v) is 7.69. The van der Waals surface area contributed by atoms with Crippen LogP contribution in [0.3, 0.4) is 0 Å². The Bertz CT molecular complexity index is 884. The van der Waals surface area contributed by atoms with Crippen molar-refractivity contribution in [1.82, 2.24) is 4.98 Å². The molecule has 0 atom stereocenters. The van der Waals surface area contributed by atoms with Gasteiger partial charge in [-0.15, -0.1) is 0 Å². The van der Waals surface area contributed by atoms with E-state index in [0.29, 0.717) is 5.69 Å². The van der Waals surface area contributed by atoms with E-state index in [1.807, 2.05) is 37.4 Å². The van der Waals surface area contributed by atoms with Gasteiger partial charge in [-0.3, -0.25) is 4.98 Å². The van der Waals surface area contributed by atoms with Gasteiger partial charge in [0.25, 0.3) is 0 Å². The summed E-state index contributed by atoms with van der Waals surface area (Å²) in [5.74, 6) is 0. The summed E-state index contributed by atoms with van der Waals surface area (Å²) < 4.78 is 0. The Morgan fingerprint density at radius 3 is 2.55 bits per heavy atom. The highest BCUT2D eigenvalue weighted by molar-refractivity contribution is 7.99. The molecule has 0 radical (unpaired) electrons. The molecule has 0 saturated carbocycles. The predicted octanol–water partition coefficient (Wildman–Crippen LogP) is 5.94. The number of aryl methyl sites for hydroxylation is 2. The van der Waals surface area contributed by atoms with E-state index < -0.39 is 0 Å². The highest BCUT2D eigenvalue weighted by atomic mass is 32.2. The fourth-order valence-electron chi connectivity index (χ4n) is 2.51. The number of pyridine rings is 1. The highest BCUT2D eigenvalue weighted by Crippen LogP contribution is 2.43. The van der Waals surface area contributed by atoms with Crippen LogP contribution in [0, 0.1) is 13.8 Å². The largest absolute Gasteiger partial charge is 0.264 e. The van der Waals surface area contributed by atoms with E-state index in [1.165, 1.54) is 0 Å². The Kier molecular flexibility index (Phi) is 4.00. The van der Waals surface area contributed by atoms with Crippen molar-refractivity contribution in [3.63, 3.8) is 0 Å². The third-order valence-electron chi connectivity index (χ3n) is 3.65. The van der Waals surface area contributed by atoms with Crippen molar-refractivity contribution in [2.45, 2.75) is 23.6 Å². The van der Waals surface area contributed by atoms with Crippen molar-refractivity contribution >= 4 is 28.2 Å². The van der Waals surface area contributed by atoms with E-state index in [1.54, 1.807) is 18.0 Å². The molecule has 3 aromatic rings. The average molecular weight is 306 g/mol. The third kappa shape index (κ3) is 2.52. The molecule has 108 valence electrons. The molecule has 0 fully saturated rings. The number of hydrogen-bond acceptors (Lipinski definition) is 3. The monoisotopic (exact) mass is 306 g/mol. The zero-order valence-corrected chi connectivity index (χ0v) is 13.1. The summed E-state index contributed by atoms with van der Waals surface area (Å²) in [6, 6.07) is 12.1. The number of azide groups is 1. The van der Waals surface area contributed by atoms with Gasteiger partial charge >= 0.3 is 0 Å². The minimum absolute atomic E-state index is 0.689. The summed E-state index contributed by atoms with van der Waals surface area (Å²) in [5.41, 5.74) is 11.7. The van der Waals surface area contributed by atoms with Crippen LogP contribution >= 0.6 is 11.8 Å². The Labute approximate surface area is 132 Å². The van der Waals surface area contributed by atoms with Crippen molar-refractivity contribution in [2.75, 3.05) is 0 Å². The Morgan fingerprint density at radius 2 is 1.82 bits per heavy atom. The molecule has 0 spiro atoms. The number of benzene rings is 2. The molecule has 4 nitrogen and oxygen atoms in total. The topological polar surface area (TPSA) is 61.7 Å². The molecular weight excluding hydrogens is 292 g/mol. The van der Waals surface area contributed by atoms with E-state index in [4.69, 9.17) is 5.53 Å². The second kappa shape index (κ2) is 6.10. The van der Waals surface area contributed by atoms with Crippen LogP contribution in [-0.4, -0.2) is 4.98 Å². The molecule has 0 saturated heterocycles.